The number of nitrogens with zero attached hydrogens (tertiary/aromatic N) is 1. The first-order chi connectivity index (χ1) is 7.70. The number of aromatic nitrogens is 2. The van der Waals surface area contributed by atoms with Crippen LogP contribution in [0.1, 0.15) is 24.6 Å². The quantitative estimate of drug-likeness (QED) is 0.826. The molecule has 0 spiro atoms. The van der Waals surface area contributed by atoms with E-state index in [0.717, 1.165) is 28.6 Å². The second-order valence-corrected chi connectivity index (χ2v) is 3.80. The number of nitrogens with one attached hydrogen (secondary N) is 1. The lowest BCUT2D eigenvalue weighted by Crippen LogP contribution is -1.97. The van der Waals surface area contributed by atoms with E-state index in [1.54, 1.807) is 0 Å². The van der Waals surface area contributed by atoms with Crippen LogP contribution in [0.2, 0.25) is 0 Å². The average molecular weight is 218 g/mol. The van der Waals surface area contributed by atoms with E-state index in [-0.39, 0.29) is 6.42 Å². The van der Waals surface area contributed by atoms with Gasteiger partial charge >= 0.3 is 5.97 Å². The highest BCUT2D eigenvalue weighted by atomic mass is 16.4. The second-order valence-electron chi connectivity index (χ2n) is 3.80. The summed E-state index contributed by atoms with van der Waals surface area (Å²) in [6, 6.07) is 5.93. The molecule has 1 aromatic heterocycles. The van der Waals surface area contributed by atoms with Crippen molar-refractivity contribution in [1.29, 1.82) is 0 Å². The third-order valence-electron chi connectivity index (χ3n) is 2.68. The molecule has 84 valence electrons. The number of aliphatic carboxylic acids is 1. The number of hydrogen-bond donors (Lipinski definition) is 2. The molecule has 4 nitrogen and oxygen atoms in total. The maximum Gasteiger partial charge on any atom is 0.303 e. The minimum atomic E-state index is -0.767. The van der Waals surface area contributed by atoms with Crippen molar-refractivity contribution in [2.24, 2.45) is 0 Å². The standard InChI is InChI=1S/C12H14N2O2/c1-2-10-9-5-3-8(4-6-12(15)16)7-11(9)14-13-10/h3,5,7H,2,4,6H2,1H3,(H,13,14)(H,15,16). The molecule has 0 aliphatic rings. The van der Waals surface area contributed by atoms with Gasteiger partial charge in [-0.1, -0.05) is 19.1 Å². The van der Waals surface area contributed by atoms with Gasteiger partial charge in [0.1, 0.15) is 0 Å². The highest BCUT2D eigenvalue weighted by Gasteiger charge is 2.05. The van der Waals surface area contributed by atoms with Crippen LogP contribution in [0.15, 0.2) is 18.2 Å². The number of rotatable bonds is 4. The zero-order valence-corrected chi connectivity index (χ0v) is 9.16. The van der Waals surface area contributed by atoms with Crippen LogP contribution in [-0.2, 0) is 17.6 Å². The molecule has 0 unspecified atom stereocenters. The van der Waals surface area contributed by atoms with Gasteiger partial charge in [0.05, 0.1) is 5.52 Å². The van der Waals surface area contributed by atoms with E-state index in [1.807, 2.05) is 18.2 Å². The molecular formula is C12H14N2O2. The third-order valence-corrected chi connectivity index (χ3v) is 2.68. The molecule has 4 heteroatoms. The van der Waals surface area contributed by atoms with Gasteiger partial charge in [-0.15, -0.1) is 0 Å². The number of carboxylic acid groups (broad SMARTS) is 1. The number of aryl methyl sites for hydroxylation is 2. The predicted molar refractivity (Wildman–Crippen MR) is 61.4 cm³/mol. The van der Waals surface area contributed by atoms with Gasteiger partial charge in [0, 0.05) is 17.5 Å². The molecular weight excluding hydrogens is 204 g/mol. The molecule has 0 aliphatic heterocycles. The maximum atomic E-state index is 10.5. The SMILES string of the molecule is CCc1[nH]nc2cc(CCC(=O)O)ccc12. The Morgan fingerprint density at radius 1 is 1.50 bits per heavy atom. The number of fused-ring (bicyclic) bond motifs is 1. The molecule has 0 saturated carbocycles. The number of aromatic amines is 1. The zero-order chi connectivity index (χ0) is 11.5. The fourth-order valence-corrected chi connectivity index (χ4v) is 1.79. The Morgan fingerprint density at radius 3 is 3.00 bits per heavy atom. The van der Waals surface area contributed by atoms with Crippen LogP contribution >= 0.6 is 0 Å². The number of carboxylic acids is 1. The fraction of sp³-hybridized carbons (Fsp3) is 0.333. The van der Waals surface area contributed by atoms with Gasteiger partial charge < -0.3 is 5.11 Å². The molecule has 2 N–H and O–H groups in total. The lowest BCUT2D eigenvalue weighted by molar-refractivity contribution is -0.136. The van der Waals surface area contributed by atoms with Crippen molar-refractivity contribution in [1.82, 2.24) is 10.2 Å². The Hall–Kier alpha value is -1.84. The van der Waals surface area contributed by atoms with Gasteiger partial charge in [-0.2, -0.15) is 5.10 Å². The molecule has 16 heavy (non-hydrogen) atoms. The van der Waals surface area contributed by atoms with Crippen molar-refractivity contribution in [2.75, 3.05) is 0 Å². The molecule has 0 amide bonds. The van der Waals surface area contributed by atoms with Gasteiger partial charge in [-0.3, -0.25) is 9.89 Å². The minimum Gasteiger partial charge on any atom is -0.481 e. The monoisotopic (exact) mass is 218 g/mol. The van der Waals surface area contributed by atoms with Gasteiger partial charge in [0.25, 0.3) is 0 Å². The molecule has 0 fully saturated rings. The van der Waals surface area contributed by atoms with E-state index in [2.05, 4.69) is 17.1 Å². The van der Waals surface area contributed by atoms with Crippen LogP contribution < -0.4 is 0 Å². The van der Waals surface area contributed by atoms with E-state index in [1.165, 1.54) is 0 Å². The van der Waals surface area contributed by atoms with E-state index >= 15 is 0 Å². The van der Waals surface area contributed by atoms with Crippen molar-refractivity contribution in [3.63, 3.8) is 0 Å². The summed E-state index contributed by atoms with van der Waals surface area (Å²) in [4.78, 5) is 10.5. The molecule has 1 aromatic carbocycles. The average Bonchev–Trinajstić information content (AvgIpc) is 2.68. The van der Waals surface area contributed by atoms with Crippen molar-refractivity contribution in [3.8, 4) is 0 Å². The normalized spacial score (nSPS) is 10.8. The largest absolute Gasteiger partial charge is 0.481 e. The van der Waals surface area contributed by atoms with Crippen molar-refractivity contribution in [3.05, 3.63) is 29.5 Å². The van der Waals surface area contributed by atoms with E-state index in [9.17, 15) is 4.79 Å². The number of benzene rings is 1. The summed E-state index contributed by atoms with van der Waals surface area (Å²) < 4.78 is 0. The molecule has 0 atom stereocenters. The zero-order valence-electron chi connectivity index (χ0n) is 9.16. The highest BCUT2D eigenvalue weighted by molar-refractivity contribution is 5.82. The van der Waals surface area contributed by atoms with Gasteiger partial charge in [-0.05, 0) is 24.5 Å². The van der Waals surface area contributed by atoms with Gasteiger partial charge in [-0.25, -0.2) is 0 Å². The first-order valence-electron chi connectivity index (χ1n) is 5.38. The summed E-state index contributed by atoms with van der Waals surface area (Å²) >= 11 is 0. The highest BCUT2D eigenvalue weighted by Crippen LogP contribution is 2.18. The fourth-order valence-electron chi connectivity index (χ4n) is 1.79. The molecule has 1 heterocycles. The van der Waals surface area contributed by atoms with Crippen LogP contribution in [-0.4, -0.2) is 21.3 Å². The molecule has 0 aliphatic carbocycles. The second kappa shape index (κ2) is 4.35. The Balaban J connectivity index is 2.27. The summed E-state index contributed by atoms with van der Waals surface area (Å²) in [5.74, 6) is -0.767. The van der Waals surface area contributed by atoms with E-state index in [0.29, 0.717) is 6.42 Å². The topological polar surface area (TPSA) is 66.0 Å². The van der Waals surface area contributed by atoms with E-state index < -0.39 is 5.97 Å². The van der Waals surface area contributed by atoms with Crippen molar-refractivity contribution < 1.29 is 9.90 Å². The van der Waals surface area contributed by atoms with Crippen LogP contribution in [0.3, 0.4) is 0 Å². The lowest BCUT2D eigenvalue weighted by Gasteiger charge is -1.98. The lowest BCUT2D eigenvalue weighted by atomic mass is 10.1. The Labute approximate surface area is 93.3 Å². The molecule has 0 bridgehead atoms. The predicted octanol–water partition coefficient (Wildman–Crippen LogP) is 2.14. The molecule has 2 aromatic rings. The molecule has 0 radical (unpaired) electrons. The number of hydrogen-bond acceptors (Lipinski definition) is 2. The van der Waals surface area contributed by atoms with E-state index in [4.69, 9.17) is 5.11 Å². The summed E-state index contributed by atoms with van der Waals surface area (Å²) in [7, 11) is 0. The first-order valence-corrected chi connectivity index (χ1v) is 5.38. The van der Waals surface area contributed by atoms with Crippen LogP contribution in [0, 0.1) is 0 Å². The summed E-state index contributed by atoms with van der Waals surface area (Å²) in [5.41, 5.74) is 3.06. The molecule has 0 saturated heterocycles. The summed E-state index contributed by atoms with van der Waals surface area (Å²) in [6.07, 6.45) is 1.64. The van der Waals surface area contributed by atoms with Gasteiger partial charge in [0.2, 0.25) is 0 Å². The molecule has 2 rings (SSSR count). The maximum absolute atomic E-state index is 10.5. The van der Waals surface area contributed by atoms with Crippen LogP contribution in [0.5, 0.6) is 0 Å². The third kappa shape index (κ3) is 2.05. The summed E-state index contributed by atoms with van der Waals surface area (Å²) in [5, 5.41) is 16.9. The summed E-state index contributed by atoms with van der Waals surface area (Å²) in [6.45, 7) is 2.07. The number of H-pyrrole nitrogens is 1. The van der Waals surface area contributed by atoms with Crippen LogP contribution in [0.25, 0.3) is 10.9 Å². The Kier molecular flexibility index (Phi) is 2.90. The first kappa shape index (κ1) is 10.7. The van der Waals surface area contributed by atoms with Gasteiger partial charge in [0.15, 0.2) is 0 Å². The van der Waals surface area contributed by atoms with Crippen molar-refractivity contribution >= 4 is 16.9 Å². The Bertz CT molecular complexity index is 517. The smallest absolute Gasteiger partial charge is 0.303 e. The van der Waals surface area contributed by atoms with Crippen molar-refractivity contribution in [2.45, 2.75) is 26.2 Å². The van der Waals surface area contributed by atoms with Crippen LogP contribution in [0.4, 0.5) is 0 Å². The Morgan fingerprint density at radius 2 is 2.31 bits per heavy atom. The minimum absolute atomic E-state index is 0.163. The number of carbonyl (C=O) groups is 1.